The highest BCUT2D eigenvalue weighted by atomic mass is 32.2. The second-order valence-electron chi connectivity index (χ2n) is 5.64. The Hall–Kier alpha value is -1.81. The normalized spacial score (nSPS) is 12.2. The fourth-order valence-electron chi connectivity index (χ4n) is 2.05. The fourth-order valence-corrected chi connectivity index (χ4v) is 4.23. The average Bonchev–Trinajstić information content (AvgIpc) is 2.56. The molecule has 0 saturated heterocycles. The Balaban J connectivity index is 1.80. The topological polar surface area (TPSA) is 105 Å². The van der Waals surface area contributed by atoms with Crippen LogP contribution in [0, 0.1) is 6.92 Å². The molecule has 7 nitrogen and oxygen atoms in total. The smallest absolute Gasteiger partial charge is 0.215 e. The Kier molecular flexibility index (Phi) is 6.65. The molecule has 136 valence electrons. The van der Waals surface area contributed by atoms with Crippen LogP contribution < -0.4 is 9.44 Å². The highest BCUT2D eigenvalue weighted by Crippen LogP contribution is 2.07. The van der Waals surface area contributed by atoms with Crippen molar-refractivity contribution >= 4 is 20.0 Å². The summed E-state index contributed by atoms with van der Waals surface area (Å²) in [6.07, 6.45) is 3.16. The fraction of sp³-hybridized carbons (Fsp3) is 0.312. The molecule has 0 radical (unpaired) electrons. The first-order chi connectivity index (χ1) is 11.8. The van der Waals surface area contributed by atoms with Crippen LogP contribution in [0.25, 0.3) is 0 Å². The second kappa shape index (κ2) is 8.52. The van der Waals surface area contributed by atoms with Gasteiger partial charge in [0.2, 0.25) is 20.0 Å². The zero-order valence-corrected chi connectivity index (χ0v) is 15.5. The van der Waals surface area contributed by atoms with Gasteiger partial charge in [-0.05, 0) is 24.1 Å². The van der Waals surface area contributed by atoms with Crippen LogP contribution in [0.1, 0.15) is 16.7 Å². The van der Waals surface area contributed by atoms with Crippen LogP contribution in [-0.4, -0.2) is 34.1 Å². The van der Waals surface area contributed by atoms with Crippen molar-refractivity contribution < 1.29 is 16.8 Å². The van der Waals surface area contributed by atoms with Crippen LogP contribution in [0.3, 0.4) is 0 Å². The van der Waals surface area contributed by atoms with E-state index >= 15 is 0 Å². The van der Waals surface area contributed by atoms with E-state index < -0.39 is 20.0 Å². The van der Waals surface area contributed by atoms with Crippen LogP contribution in [-0.2, 0) is 32.3 Å². The number of nitrogens with zero attached hydrogens (tertiary/aromatic N) is 1. The SMILES string of the molecule is Cc1ccc(CS(=O)(=O)NCCS(=O)(=O)NCc2cccnc2)cc1. The molecule has 1 aromatic carbocycles. The lowest BCUT2D eigenvalue weighted by Gasteiger charge is -2.09. The summed E-state index contributed by atoms with van der Waals surface area (Å²) in [4.78, 5) is 3.90. The Labute approximate surface area is 148 Å². The molecule has 0 aliphatic carbocycles. The quantitative estimate of drug-likeness (QED) is 0.670. The van der Waals surface area contributed by atoms with Gasteiger partial charge in [0.25, 0.3) is 0 Å². The monoisotopic (exact) mass is 383 g/mol. The third-order valence-corrected chi connectivity index (χ3v) is 6.07. The molecular weight excluding hydrogens is 362 g/mol. The van der Waals surface area contributed by atoms with Gasteiger partial charge in [0.05, 0.1) is 11.5 Å². The number of hydrogen-bond donors (Lipinski definition) is 2. The number of benzene rings is 1. The van der Waals surface area contributed by atoms with Crippen molar-refractivity contribution in [2.75, 3.05) is 12.3 Å². The molecule has 0 unspecified atom stereocenters. The van der Waals surface area contributed by atoms with Gasteiger partial charge < -0.3 is 0 Å². The van der Waals surface area contributed by atoms with Crippen LogP contribution in [0.5, 0.6) is 0 Å². The molecule has 0 aliphatic heterocycles. The number of rotatable bonds is 9. The third-order valence-electron chi connectivity index (χ3n) is 3.39. The molecule has 0 fully saturated rings. The maximum absolute atomic E-state index is 12.0. The minimum Gasteiger partial charge on any atom is -0.264 e. The summed E-state index contributed by atoms with van der Waals surface area (Å²) >= 11 is 0. The molecule has 0 bridgehead atoms. The van der Waals surface area contributed by atoms with Gasteiger partial charge in [-0.3, -0.25) is 4.98 Å². The van der Waals surface area contributed by atoms with Crippen molar-refractivity contribution in [3.05, 3.63) is 65.5 Å². The first-order valence-electron chi connectivity index (χ1n) is 7.65. The molecule has 1 aromatic heterocycles. The molecular formula is C16H21N3O4S2. The predicted octanol–water partition coefficient (Wildman–Crippen LogP) is 0.929. The number of pyridine rings is 1. The van der Waals surface area contributed by atoms with Crippen LogP contribution in [0.2, 0.25) is 0 Å². The van der Waals surface area contributed by atoms with Gasteiger partial charge in [-0.15, -0.1) is 0 Å². The van der Waals surface area contributed by atoms with Crippen LogP contribution in [0.4, 0.5) is 0 Å². The summed E-state index contributed by atoms with van der Waals surface area (Å²) in [5, 5.41) is 0. The largest absolute Gasteiger partial charge is 0.264 e. The number of aryl methyl sites for hydroxylation is 1. The van der Waals surface area contributed by atoms with E-state index in [1.807, 2.05) is 19.1 Å². The Morgan fingerprint density at radius 2 is 1.64 bits per heavy atom. The number of hydrogen-bond acceptors (Lipinski definition) is 5. The van der Waals surface area contributed by atoms with Crippen molar-refractivity contribution in [2.45, 2.75) is 19.2 Å². The zero-order chi connectivity index (χ0) is 18.3. The Bertz CT molecular complexity index is 881. The Morgan fingerprint density at radius 1 is 0.920 bits per heavy atom. The highest BCUT2D eigenvalue weighted by Gasteiger charge is 2.15. The van der Waals surface area contributed by atoms with Crippen LogP contribution >= 0.6 is 0 Å². The first kappa shape index (κ1) is 19.5. The maximum atomic E-state index is 12.0. The van der Waals surface area contributed by atoms with E-state index in [1.165, 1.54) is 0 Å². The molecule has 0 atom stereocenters. The summed E-state index contributed by atoms with van der Waals surface area (Å²) in [5.41, 5.74) is 2.42. The second-order valence-corrected chi connectivity index (χ2v) is 9.37. The van der Waals surface area contributed by atoms with Gasteiger partial charge in [-0.2, -0.15) is 0 Å². The molecule has 25 heavy (non-hydrogen) atoms. The summed E-state index contributed by atoms with van der Waals surface area (Å²) < 4.78 is 52.6. The first-order valence-corrected chi connectivity index (χ1v) is 11.0. The number of sulfonamides is 2. The van der Waals surface area contributed by atoms with E-state index in [0.717, 1.165) is 11.1 Å². The lowest BCUT2D eigenvalue weighted by atomic mass is 10.2. The van der Waals surface area contributed by atoms with Gasteiger partial charge in [-0.1, -0.05) is 35.9 Å². The third kappa shape index (κ3) is 7.30. The molecule has 0 spiro atoms. The van der Waals surface area contributed by atoms with Gasteiger partial charge in [0, 0.05) is 25.5 Å². The van der Waals surface area contributed by atoms with Crippen molar-refractivity contribution in [1.29, 1.82) is 0 Å². The Morgan fingerprint density at radius 3 is 2.28 bits per heavy atom. The van der Waals surface area contributed by atoms with E-state index in [2.05, 4.69) is 14.4 Å². The van der Waals surface area contributed by atoms with Crippen molar-refractivity contribution in [3.8, 4) is 0 Å². The maximum Gasteiger partial charge on any atom is 0.215 e. The van der Waals surface area contributed by atoms with E-state index in [-0.39, 0.29) is 24.6 Å². The predicted molar refractivity (Wildman–Crippen MR) is 96.7 cm³/mol. The van der Waals surface area contributed by atoms with E-state index in [4.69, 9.17) is 0 Å². The van der Waals surface area contributed by atoms with Gasteiger partial charge >= 0.3 is 0 Å². The molecule has 1 heterocycles. The molecule has 0 saturated carbocycles. The van der Waals surface area contributed by atoms with E-state index in [0.29, 0.717) is 5.56 Å². The molecule has 0 amide bonds. The van der Waals surface area contributed by atoms with Crippen molar-refractivity contribution in [1.82, 2.24) is 14.4 Å². The van der Waals surface area contributed by atoms with Gasteiger partial charge in [-0.25, -0.2) is 26.3 Å². The number of aromatic nitrogens is 1. The lowest BCUT2D eigenvalue weighted by molar-refractivity contribution is 0.574. The van der Waals surface area contributed by atoms with Crippen molar-refractivity contribution in [2.24, 2.45) is 0 Å². The average molecular weight is 383 g/mol. The van der Waals surface area contributed by atoms with Crippen LogP contribution in [0.15, 0.2) is 48.8 Å². The summed E-state index contributed by atoms with van der Waals surface area (Å²) in [6.45, 7) is 1.85. The molecule has 9 heteroatoms. The van der Waals surface area contributed by atoms with Gasteiger partial charge in [0.1, 0.15) is 0 Å². The standard InChI is InChI=1S/C16H21N3O4S2/c1-14-4-6-15(7-5-14)13-25(22,23)18-9-10-24(20,21)19-12-16-3-2-8-17-11-16/h2-8,11,18-19H,9-10,12-13H2,1H3. The molecule has 2 N–H and O–H groups in total. The zero-order valence-electron chi connectivity index (χ0n) is 13.8. The molecule has 2 aromatic rings. The lowest BCUT2D eigenvalue weighted by Crippen LogP contribution is -2.34. The molecule has 2 rings (SSSR count). The summed E-state index contributed by atoms with van der Waals surface area (Å²) in [5.74, 6) is -0.517. The summed E-state index contributed by atoms with van der Waals surface area (Å²) in [7, 11) is -7.17. The highest BCUT2D eigenvalue weighted by molar-refractivity contribution is 7.90. The van der Waals surface area contributed by atoms with E-state index in [9.17, 15) is 16.8 Å². The van der Waals surface area contributed by atoms with Crippen molar-refractivity contribution in [3.63, 3.8) is 0 Å². The number of nitrogens with one attached hydrogen (secondary N) is 2. The summed E-state index contributed by atoms with van der Waals surface area (Å²) in [6, 6.07) is 10.6. The van der Waals surface area contributed by atoms with Gasteiger partial charge in [0.15, 0.2) is 0 Å². The van der Waals surface area contributed by atoms with E-state index in [1.54, 1.807) is 36.7 Å². The minimum absolute atomic E-state index is 0.117. The molecule has 0 aliphatic rings. The minimum atomic E-state index is -3.59.